The molecule has 0 fully saturated rings. The maximum Gasteiger partial charge on any atom is 0.472 e. The van der Waals surface area contributed by atoms with E-state index >= 15 is 0 Å². The number of hydrogen-bond acceptors (Lipinski definition) is 15. The van der Waals surface area contributed by atoms with Crippen LogP contribution in [0.1, 0.15) is 510 Å². The largest absolute Gasteiger partial charge is 0.472 e. The molecule has 0 rings (SSSR count). The van der Waals surface area contributed by atoms with Gasteiger partial charge in [0, 0.05) is 25.7 Å². The SMILES string of the molecule is CCCCCCCCCCCCCCCCCCCCCCCCC(=O)O[C@H](COC(=O)CCCCCCCCCCCCCCCCCCC(C)C)COP(=O)(O)OC[C@@H](O)COP(=O)(O)OC[C@@H](COC(=O)CCCCCCCCCCCCCC)OC(=O)CCCCCCCCCCCCCCCCCCCCC. The maximum absolute atomic E-state index is 13.2. The Morgan fingerprint density at radius 2 is 0.411 bits per heavy atom. The van der Waals surface area contributed by atoms with Crippen LogP contribution in [0.15, 0.2) is 0 Å². The first kappa shape index (κ1) is 110. The maximum atomic E-state index is 13.2. The molecule has 0 heterocycles. The van der Waals surface area contributed by atoms with E-state index in [1.807, 2.05) is 0 Å². The van der Waals surface area contributed by atoms with Gasteiger partial charge in [0.1, 0.15) is 19.3 Å². The molecule has 0 bridgehead atoms. The van der Waals surface area contributed by atoms with E-state index in [1.54, 1.807) is 0 Å². The Kier molecular flexibility index (Phi) is 84.0. The molecule has 3 N–H and O–H groups in total. The minimum Gasteiger partial charge on any atom is -0.462 e. The van der Waals surface area contributed by atoms with Crippen LogP contribution in [0, 0.1) is 5.92 Å². The van der Waals surface area contributed by atoms with E-state index < -0.39 is 97.5 Å². The van der Waals surface area contributed by atoms with Crippen LogP contribution >= 0.6 is 15.6 Å². The van der Waals surface area contributed by atoms with Gasteiger partial charge in [0.25, 0.3) is 0 Å². The summed E-state index contributed by atoms with van der Waals surface area (Å²) < 4.78 is 69.1. The van der Waals surface area contributed by atoms with E-state index in [0.29, 0.717) is 25.7 Å². The third kappa shape index (κ3) is 85.9. The van der Waals surface area contributed by atoms with E-state index in [1.165, 1.54) is 334 Å². The normalized spacial score (nSPS) is 13.7. The molecule has 5 atom stereocenters. The molecule has 0 amide bonds. The van der Waals surface area contributed by atoms with Gasteiger partial charge in [-0.1, -0.05) is 458 Å². The molecule has 0 aliphatic carbocycles. The van der Waals surface area contributed by atoms with Crippen molar-refractivity contribution in [1.82, 2.24) is 0 Å². The van der Waals surface area contributed by atoms with Crippen molar-refractivity contribution in [3.05, 3.63) is 0 Å². The Morgan fingerprint density at radius 1 is 0.241 bits per heavy atom. The molecule has 0 aromatic carbocycles. The fourth-order valence-corrected chi connectivity index (χ4v) is 16.3. The molecule has 0 spiro atoms. The van der Waals surface area contributed by atoms with Crippen LogP contribution in [0.4, 0.5) is 0 Å². The highest BCUT2D eigenvalue weighted by molar-refractivity contribution is 7.47. The smallest absolute Gasteiger partial charge is 0.462 e. The monoisotopic (exact) mass is 1630 g/mol. The number of hydrogen-bond donors (Lipinski definition) is 3. The molecule has 2 unspecified atom stereocenters. The molecule has 666 valence electrons. The van der Waals surface area contributed by atoms with Gasteiger partial charge in [0.2, 0.25) is 0 Å². The van der Waals surface area contributed by atoms with Crippen molar-refractivity contribution in [3.8, 4) is 0 Å². The first-order valence-corrected chi connectivity index (χ1v) is 51.1. The summed E-state index contributed by atoms with van der Waals surface area (Å²) in [6.45, 7) is 7.44. The number of aliphatic hydroxyl groups is 1. The Labute approximate surface area is 689 Å². The van der Waals surface area contributed by atoms with Crippen LogP contribution < -0.4 is 0 Å². The summed E-state index contributed by atoms with van der Waals surface area (Å²) in [5.41, 5.74) is 0. The third-order valence-electron chi connectivity index (χ3n) is 22.0. The number of phosphoric ester groups is 2. The lowest BCUT2D eigenvalue weighted by Gasteiger charge is -2.21. The van der Waals surface area contributed by atoms with Crippen LogP contribution in [0.25, 0.3) is 0 Å². The summed E-state index contributed by atoms with van der Waals surface area (Å²) in [4.78, 5) is 73.5. The molecule has 0 radical (unpaired) electrons. The van der Waals surface area contributed by atoms with Crippen molar-refractivity contribution in [3.63, 3.8) is 0 Å². The van der Waals surface area contributed by atoms with E-state index in [0.717, 1.165) is 95.8 Å². The van der Waals surface area contributed by atoms with Gasteiger partial charge >= 0.3 is 39.5 Å². The van der Waals surface area contributed by atoms with Gasteiger partial charge in [-0.25, -0.2) is 9.13 Å². The topological polar surface area (TPSA) is 237 Å². The highest BCUT2D eigenvalue weighted by Gasteiger charge is 2.31. The van der Waals surface area contributed by atoms with Crippen LogP contribution in [0.3, 0.4) is 0 Å². The molecule has 19 heteroatoms. The van der Waals surface area contributed by atoms with Gasteiger partial charge < -0.3 is 33.8 Å². The molecule has 0 aliphatic rings. The number of unbranched alkanes of at least 4 members (excludes halogenated alkanes) is 65. The highest BCUT2D eigenvalue weighted by atomic mass is 31.2. The lowest BCUT2D eigenvalue weighted by Crippen LogP contribution is -2.30. The van der Waals surface area contributed by atoms with Crippen molar-refractivity contribution in [2.24, 2.45) is 5.92 Å². The number of esters is 4. The summed E-state index contributed by atoms with van der Waals surface area (Å²) in [6.07, 6.45) is 82.0. The Morgan fingerprint density at radius 3 is 0.607 bits per heavy atom. The predicted molar refractivity (Wildman–Crippen MR) is 465 cm³/mol. The number of ether oxygens (including phenoxy) is 4. The number of phosphoric acid groups is 2. The highest BCUT2D eigenvalue weighted by Crippen LogP contribution is 2.45. The summed E-state index contributed by atoms with van der Waals surface area (Å²) in [7, 11) is -9.94. The second-order valence-electron chi connectivity index (χ2n) is 33.9. The first-order valence-electron chi connectivity index (χ1n) is 48.1. The molecular formula is C93H182O17P2. The molecule has 0 aromatic rings. The second-order valence-corrected chi connectivity index (χ2v) is 36.8. The molecule has 0 aromatic heterocycles. The van der Waals surface area contributed by atoms with Gasteiger partial charge in [-0.15, -0.1) is 0 Å². The standard InChI is InChI=1S/C93H182O17P2/c1-6-9-12-15-18-21-24-27-29-31-33-34-35-37-39-45-49-54-59-64-69-74-79-93(98)110-89(83-104-91(96)77-72-67-62-57-52-47-43-41-40-42-46-50-55-60-65-70-75-86(4)5)85-108-112(101,102)106-81-87(94)80-105-111(99,100)107-84-88(82-103-90(95)76-71-66-61-56-51-26-23-20-17-14-11-8-3)109-92(97)78-73-68-63-58-53-48-44-38-36-32-30-28-25-22-19-16-13-10-7-2/h86-89,94H,6-85H2,1-5H3,(H,99,100)(H,101,102)/t87-,88+,89+/m0/s1. The van der Waals surface area contributed by atoms with Crippen molar-refractivity contribution in [2.45, 2.75) is 528 Å². The quantitative estimate of drug-likeness (QED) is 0.0222. The van der Waals surface area contributed by atoms with Crippen molar-refractivity contribution in [2.75, 3.05) is 39.6 Å². The molecule has 0 aliphatic heterocycles. The lowest BCUT2D eigenvalue weighted by atomic mass is 10.0. The van der Waals surface area contributed by atoms with Gasteiger partial charge in [-0.05, 0) is 31.6 Å². The van der Waals surface area contributed by atoms with E-state index in [9.17, 15) is 43.2 Å². The fraction of sp³-hybridized carbons (Fsp3) is 0.957. The average molecular weight is 1630 g/mol. The lowest BCUT2D eigenvalue weighted by molar-refractivity contribution is -0.161. The average Bonchev–Trinajstić information content (AvgIpc) is 0.897. The van der Waals surface area contributed by atoms with E-state index in [4.69, 9.17) is 37.0 Å². The number of aliphatic hydroxyl groups excluding tert-OH is 1. The molecule has 17 nitrogen and oxygen atoms in total. The minimum absolute atomic E-state index is 0.110. The van der Waals surface area contributed by atoms with Crippen LogP contribution in [0.5, 0.6) is 0 Å². The predicted octanol–water partition coefficient (Wildman–Crippen LogP) is 29.1. The summed E-state index contributed by atoms with van der Waals surface area (Å²) >= 11 is 0. The first-order chi connectivity index (χ1) is 54.5. The molecule has 0 saturated carbocycles. The van der Waals surface area contributed by atoms with E-state index in [2.05, 4.69) is 34.6 Å². The van der Waals surface area contributed by atoms with Gasteiger partial charge in [0.05, 0.1) is 26.4 Å². The van der Waals surface area contributed by atoms with Crippen LogP contribution in [-0.2, 0) is 65.4 Å². The summed E-state index contributed by atoms with van der Waals surface area (Å²) in [5, 5.41) is 10.7. The van der Waals surface area contributed by atoms with E-state index in [-0.39, 0.29) is 25.7 Å². The van der Waals surface area contributed by atoms with Crippen molar-refractivity contribution in [1.29, 1.82) is 0 Å². The third-order valence-corrected chi connectivity index (χ3v) is 23.9. The van der Waals surface area contributed by atoms with Crippen molar-refractivity contribution >= 4 is 39.5 Å². The number of carbonyl (C=O) groups is 4. The summed E-state index contributed by atoms with van der Waals surface area (Å²) in [5.74, 6) is -1.28. The van der Waals surface area contributed by atoms with Crippen LogP contribution in [0.2, 0.25) is 0 Å². The number of carbonyl (C=O) groups excluding carboxylic acids is 4. The van der Waals surface area contributed by atoms with Gasteiger partial charge in [-0.3, -0.25) is 37.3 Å². The van der Waals surface area contributed by atoms with Gasteiger partial charge in [0.15, 0.2) is 12.2 Å². The van der Waals surface area contributed by atoms with Gasteiger partial charge in [-0.2, -0.15) is 0 Å². The Bertz CT molecular complexity index is 2120. The fourth-order valence-electron chi connectivity index (χ4n) is 14.7. The summed E-state index contributed by atoms with van der Waals surface area (Å²) in [6, 6.07) is 0. The molecule has 112 heavy (non-hydrogen) atoms. The minimum atomic E-state index is -4.97. The van der Waals surface area contributed by atoms with Crippen molar-refractivity contribution < 1.29 is 80.2 Å². The Hall–Kier alpha value is -1.94. The Balaban J connectivity index is 5.24. The molecular weight excluding hydrogens is 1450 g/mol. The zero-order chi connectivity index (χ0) is 81.8. The second kappa shape index (κ2) is 85.5. The zero-order valence-electron chi connectivity index (χ0n) is 73.8. The van der Waals surface area contributed by atoms with Crippen LogP contribution in [-0.4, -0.2) is 96.7 Å². The molecule has 0 saturated heterocycles. The zero-order valence-corrected chi connectivity index (χ0v) is 75.6. The number of rotatable bonds is 93.